The van der Waals surface area contributed by atoms with Gasteiger partial charge in [-0.3, -0.25) is 9.36 Å². The predicted octanol–water partition coefficient (Wildman–Crippen LogP) is 1.91. The van der Waals surface area contributed by atoms with Crippen LogP contribution in [0.15, 0.2) is 43.0 Å². The maximum Gasteiger partial charge on any atom is 0.238 e. The number of nitrogens with one attached hydrogen (secondary N) is 1. The Morgan fingerprint density at radius 2 is 2.03 bits per heavy atom. The van der Waals surface area contributed by atoms with Crippen LogP contribution in [-0.2, 0) is 11.3 Å². The number of nitrogens with zero attached hydrogens (tertiary/aromatic N) is 6. The molecule has 1 N–H and O–H groups in total. The summed E-state index contributed by atoms with van der Waals surface area (Å²) in [5.74, 6) is 2.56. The van der Waals surface area contributed by atoms with Crippen LogP contribution in [0.3, 0.4) is 0 Å². The molecular formula is C23H26ClN7O3. The Bertz CT molecular complexity index is 1160. The Kier molecular flexibility index (Phi) is 6.50. The summed E-state index contributed by atoms with van der Waals surface area (Å²) in [6.07, 6.45) is 5.38. The highest BCUT2D eigenvalue weighted by atomic mass is 35.5. The summed E-state index contributed by atoms with van der Waals surface area (Å²) < 4.78 is 12.9. The van der Waals surface area contributed by atoms with Crippen molar-refractivity contribution < 1.29 is 14.3 Å². The van der Waals surface area contributed by atoms with Crippen LogP contribution in [0.5, 0.6) is 11.5 Å². The summed E-state index contributed by atoms with van der Waals surface area (Å²) >= 11 is 6.32. The van der Waals surface area contributed by atoms with Gasteiger partial charge < -0.3 is 24.6 Å². The zero-order valence-electron chi connectivity index (χ0n) is 18.9. The molecule has 1 amide bonds. The summed E-state index contributed by atoms with van der Waals surface area (Å²) in [6, 6.07) is 7.42. The molecule has 1 atom stereocenters. The molecule has 2 aromatic heterocycles. The van der Waals surface area contributed by atoms with E-state index in [1.165, 1.54) is 0 Å². The van der Waals surface area contributed by atoms with Crippen molar-refractivity contribution in [1.29, 1.82) is 0 Å². The lowest BCUT2D eigenvalue weighted by atomic mass is 10.1. The molecule has 1 unspecified atom stereocenters. The molecule has 0 spiro atoms. The van der Waals surface area contributed by atoms with Gasteiger partial charge in [-0.15, -0.1) is 0 Å². The molecule has 0 bridgehead atoms. The van der Waals surface area contributed by atoms with Gasteiger partial charge in [0.1, 0.15) is 30.5 Å². The molecule has 10 nitrogen and oxygen atoms in total. The number of amides is 1. The van der Waals surface area contributed by atoms with Gasteiger partial charge in [-0.2, -0.15) is 4.98 Å². The van der Waals surface area contributed by atoms with Crippen molar-refractivity contribution >= 4 is 23.3 Å². The number of imidazole rings is 1. The van der Waals surface area contributed by atoms with Gasteiger partial charge in [-0.1, -0.05) is 17.7 Å². The standard InChI is InChI=1S/C23H26ClN7O3/c1-29-6-7-31(21-12-20(24)27-23(28-21)30-5-4-25-15-30)17(14-29)11-22(32)26-13-16-2-3-18-19(10-16)34-9-8-33-18/h2-5,10,12,15,17H,6-9,11,13-14H2,1H3,(H,26,32). The molecule has 2 aliphatic rings. The average molecular weight is 484 g/mol. The molecule has 34 heavy (non-hydrogen) atoms. The summed E-state index contributed by atoms with van der Waals surface area (Å²) in [6.45, 7) is 3.83. The van der Waals surface area contributed by atoms with Crippen molar-refractivity contribution in [2.24, 2.45) is 0 Å². The lowest BCUT2D eigenvalue weighted by Gasteiger charge is -2.40. The normalized spacial score (nSPS) is 18.1. The molecule has 0 saturated carbocycles. The summed E-state index contributed by atoms with van der Waals surface area (Å²) in [5.41, 5.74) is 0.961. The molecule has 11 heteroatoms. The van der Waals surface area contributed by atoms with E-state index in [0.29, 0.717) is 48.8 Å². The van der Waals surface area contributed by atoms with Gasteiger partial charge in [0.05, 0.1) is 6.04 Å². The van der Waals surface area contributed by atoms with Crippen molar-refractivity contribution in [2.45, 2.75) is 19.0 Å². The number of carbonyl (C=O) groups is 1. The number of rotatable bonds is 6. The number of likely N-dealkylation sites (N-methyl/N-ethyl adjacent to an activating group) is 1. The summed E-state index contributed by atoms with van der Waals surface area (Å²) in [7, 11) is 2.06. The van der Waals surface area contributed by atoms with Crippen molar-refractivity contribution in [2.75, 3.05) is 44.8 Å². The largest absolute Gasteiger partial charge is 0.486 e. The minimum absolute atomic E-state index is 0.0322. The number of fused-ring (bicyclic) bond motifs is 1. The van der Waals surface area contributed by atoms with Gasteiger partial charge in [-0.25, -0.2) is 9.97 Å². The van der Waals surface area contributed by atoms with Gasteiger partial charge in [-0.05, 0) is 24.7 Å². The minimum atomic E-state index is -0.0550. The van der Waals surface area contributed by atoms with Crippen LogP contribution < -0.4 is 19.7 Å². The van der Waals surface area contributed by atoms with Gasteiger partial charge in [0.25, 0.3) is 0 Å². The second-order valence-corrected chi connectivity index (χ2v) is 8.77. The first-order valence-electron chi connectivity index (χ1n) is 11.2. The molecule has 4 heterocycles. The topological polar surface area (TPSA) is 97.6 Å². The van der Waals surface area contributed by atoms with Gasteiger partial charge in [0.15, 0.2) is 11.5 Å². The Labute approximate surface area is 202 Å². The molecule has 178 valence electrons. The van der Waals surface area contributed by atoms with E-state index in [1.54, 1.807) is 29.4 Å². The smallest absolute Gasteiger partial charge is 0.238 e. The Morgan fingerprint density at radius 1 is 1.18 bits per heavy atom. The molecule has 0 aliphatic carbocycles. The van der Waals surface area contributed by atoms with Crippen LogP contribution in [0.2, 0.25) is 5.15 Å². The number of hydrogen-bond acceptors (Lipinski definition) is 8. The number of carbonyl (C=O) groups excluding carboxylic acids is 1. The fourth-order valence-corrected chi connectivity index (χ4v) is 4.38. The maximum absolute atomic E-state index is 12.9. The van der Waals surface area contributed by atoms with Crippen LogP contribution in [-0.4, -0.2) is 76.3 Å². The van der Waals surface area contributed by atoms with Crippen molar-refractivity contribution in [3.63, 3.8) is 0 Å². The van der Waals surface area contributed by atoms with Crippen molar-refractivity contribution in [3.05, 3.63) is 53.7 Å². The Balaban J connectivity index is 1.27. The van der Waals surface area contributed by atoms with Crippen molar-refractivity contribution in [3.8, 4) is 17.4 Å². The van der Waals surface area contributed by atoms with Crippen LogP contribution in [0.1, 0.15) is 12.0 Å². The number of aromatic nitrogens is 4. The number of anilines is 1. The van der Waals surface area contributed by atoms with Gasteiger partial charge in [0.2, 0.25) is 11.9 Å². The fraction of sp³-hybridized carbons (Fsp3) is 0.391. The molecule has 3 aromatic rings. The molecule has 1 saturated heterocycles. The first kappa shape index (κ1) is 22.4. The molecule has 1 aromatic carbocycles. The minimum Gasteiger partial charge on any atom is -0.486 e. The highest BCUT2D eigenvalue weighted by Crippen LogP contribution is 2.30. The molecular weight excluding hydrogens is 458 g/mol. The highest BCUT2D eigenvalue weighted by Gasteiger charge is 2.29. The fourth-order valence-electron chi connectivity index (χ4n) is 4.21. The molecule has 5 rings (SSSR count). The van der Waals surface area contributed by atoms with Crippen LogP contribution in [0.4, 0.5) is 5.82 Å². The molecule has 2 aliphatic heterocycles. The Morgan fingerprint density at radius 3 is 2.85 bits per heavy atom. The van der Waals surface area contributed by atoms with Gasteiger partial charge in [0, 0.05) is 51.1 Å². The van der Waals surface area contributed by atoms with E-state index in [2.05, 4.69) is 32.1 Å². The van der Waals surface area contributed by atoms with Crippen molar-refractivity contribution in [1.82, 2.24) is 29.7 Å². The third kappa shape index (κ3) is 5.07. The lowest BCUT2D eigenvalue weighted by Crippen LogP contribution is -2.53. The SMILES string of the molecule is CN1CCN(c2cc(Cl)nc(-n3ccnc3)n2)C(CC(=O)NCc2ccc3c(c2)OCCO3)C1. The highest BCUT2D eigenvalue weighted by molar-refractivity contribution is 6.29. The van der Waals surface area contributed by atoms with E-state index in [-0.39, 0.29) is 11.9 Å². The van der Waals surface area contributed by atoms with Crippen LogP contribution in [0, 0.1) is 0 Å². The van der Waals surface area contributed by atoms with E-state index in [0.717, 1.165) is 30.9 Å². The maximum atomic E-state index is 12.9. The third-order valence-corrected chi connectivity index (χ3v) is 6.10. The number of benzene rings is 1. The zero-order valence-corrected chi connectivity index (χ0v) is 19.6. The molecule has 1 fully saturated rings. The summed E-state index contributed by atoms with van der Waals surface area (Å²) in [4.78, 5) is 30.3. The number of piperazine rings is 1. The predicted molar refractivity (Wildman–Crippen MR) is 127 cm³/mol. The number of halogens is 1. The van der Waals surface area contributed by atoms with E-state index in [4.69, 9.17) is 26.1 Å². The zero-order chi connectivity index (χ0) is 23.5. The monoisotopic (exact) mass is 483 g/mol. The third-order valence-electron chi connectivity index (χ3n) is 5.90. The second-order valence-electron chi connectivity index (χ2n) is 8.39. The van der Waals surface area contributed by atoms with E-state index in [9.17, 15) is 4.79 Å². The second kappa shape index (κ2) is 9.86. The first-order chi connectivity index (χ1) is 16.5. The quantitative estimate of drug-likeness (QED) is 0.531. The number of hydrogen-bond donors (Lipinski definition) is 1. The van der Waals surface area contributed by atoms with Gasteiger partial charge >= 0.3 is 0 Å². The number of ether oxygens (including phenoxy) is 2. The van der Waals surface area contributed by atoms with Crippen LogP contribution >= 0.6 is 11.6 Å². The Hall–Kier alpha value is -3.37. The molecule has 0 radical (unpaired) electrons. The summed E-state index contributed by atoms with van der Waals surface area (Å²) in [5, 5.41) is 3.38. The van der Waals surface area contributed by atoms with Crippen LogP contribution in [0.25, 0.3) is 5.95 Å². The lowest BCUT2D eigenvalue weighted by molar-refractivity contribution is -0.121. The average Bonchev–Trinajstić information content (AvgIpc) is 3.38. The van der Waals surface area contributed by atoms with E-state index >= 15 is 0 Å². The first-order valence-corrected chi connectivity index (χ1v) is 11.6. The van der Waals surface area contributed by atoms with E-state index < -0.39 is 0 Å². The van der Waals surface area contributed by atoms with E-state index in [1.807, 2.05) is 18.2 Å².